The lowest BCUT2D eigenvalue weighted by molar-refractivity contribution is 0.199. The predicted molar refractivity (Wildman–Crippen MR) is 44.6 cm³/mol. The number of hydrogen-bond donors (Lipinski definition) is 1. The second-order valence-corrected chi connectivity index (χ2v) is 3.82. The molecule has 0 bridgehead atoms. The Hall–Kier alpha value is -0.410. The summed E-state index contributed by atoms with van der Waals surface area (Å²) < 4.78 is 13.8. The first-order chi connectivity index (χ1) is 5.31. The zero-order chi connectivity index (χ0) is 7.73. The number of nitrogens with one attached hydrogen (secondary N) is 1. The van der Waals surface area contributed by atoms with Gasteiger partial charge in [-0.25, -0.2) is 4.39 Å². The van der Waals surface area contributed by atoms with Crippen molar-refractivity contribution in [1.82, 2.24) is 5.32 Å². The molecule has 0 spiro atoms. The van der Waals surface area contributed by atoms with Gasteiger partial charge in [-0.15, -0.1) is 11.3 Å². The lowest BCUT2D eigenvalue weighted by Gasteiger charge is -2.15. The first-order valence-corrected chi connectivity index (χ1v) is 4.63. The zero-order valence-electron chi connectivity index (χ0n) is 6.14. The monoisotopic (exact) mass is 171 g/mol. The van der Waals surface area contributed by atoms with E-state index in [1.807, 2.05) is 17.5 Å². The Morgan fingerprint density at radius 2 is 2.55 bits per heavy atom. The summed E-state index contributed by atoms with van der Waals surface area (Å²) in [5.41, 5.74) is -1.08. The van der Waals surface area contributed by atoms with Gasteiger partial charge < -0.3 is 5.32 Å². The topological polar surface area (TPSA) is 12.0 Å². The van der Waals surface area contributed by atoms with Crippen LogP contribution < -0.4 is 5.32 Å². The maximum Gasteiger partial charge on any atom is 0.158 e. The molecule has 0 amide bonds. The van der Waals surface area contributed by atoms with E-state index >= 15 is 0 Å². The third-order valence-electron chi connectivity index (χ3n) is 2.07. The molecule has 0 aromatic carbocycles. The lowest BCUT2D eigenvalue weighted by Crippen LogP contribution is -2.21. The zero-order valence-corrected chi connectivity index (χ0v) is 6.96. The van der Waals surface area contributed by atoms with Gasteiger partial charge in [0.15, 0.2) is 5.67 Å². The van der Waals surface area contributed by atoms with E-state index in [0.29, 0.717) is 13.0 Å². The summed E-state index contributed by atoms with van der Waals surface area (Å²) in [6, 6.07) is 3.78. The fourth-order valence-electron chi connectivity index (χ4n) is 1.41. The summed E-state index contributed by atoms with van der Waals surface area (Å²) in [6.07, 6.45) is 0.619. The first kappa shape index (κ1) is 7.25. The maximum absolute atomic E-state index is 13.8. The Bertz CT molecular complexity index is 226. The van der Waals surface area contributed by atoms with Crippen molar-refractivity contribution < 1.29 is 4.39 Å². The molecule has 60 valence electrons. The van der Waals surface area contributed by atoms with Crippen LogP contribution >= 0.6 is 11.3 Å². The Morgan fingerprint density at radius 1 is 1.64 bits per heavy atom. The summed E-state index contributed by atoms with van der Waals surface area (Å²) in [6.45, 7) is 1.28. The van der Waals surface area contributed by atoms with E-state index < -0.39 is 5.67 Å². The van der Waals surface area contributed by atoms with Crippen LogP contribution in [-0.2, 0) is 5.67 Å². The molecule has 1 unspecified atom stereocenters. The summed E-state index contributed by atoms with van der Waals surface area (Å²) in [7, 11) is 0. The van der Waals surface area contributed by atoms with Crippen LogP contribution in [0.15, 0.2) is 17.5 Å². The van der Waals surface area contributed by atoms with Crippen molar-refractivity contribution in [2.24, 2.45) is 0 Å². The van der Waals surface area contributed by atoms with Crippen LogP contribution in [0.1, 0.15) is 11.3 Å². The van der Waals surface area contributed by atoms with Crippen molar-refractivity contribution in [3.63, 3.8) is 0 Å². The quantitative estimate of drug-likeness (QED) is 0.680. The van der Waals surface area contributed by atoms with E-state index in [2.05, 4.69) is 5.32 Å². The average molecular weight is 171 g/mol. The summed E-state index contributed by atoms with van der Waals surface area (Å²) in [4.78, 5) is 0.863. The number of hydrogen-bond acceptors (Lipinski definition) is 2. The number of thiophene rings is 1. The van der Waals surface area contributed by atoms with Gasteiger partial charge in [0.1, 0.15) is 0 Å². The van der Waals surface area contributed by atoms with E-state index in [0.717, 1.165) is 11.4 Å². The molecule has 1 saturated heterocycles. The highest BCUT2D eigenvalue weighted by Crippen LogP contribution is 2.34. The Morgan fingerprint density at radius 3 is 3.09 bits per heavy atom. The molecule has 1 N–H and O–H groups in total. The van der Waals surface area contributed by atoms with Gasteiger partial charge >= 0.3 is 0 Å². The minimum absolute atomic E-state index is 0.480. The SMILES string of the molecule is FC1(c2cccs2)CCNC1. The summed E-state index contributed by atoms with van der Waals surface area (Å²) in [5, 5.41) is 4.96. The van der Waals surface area contributed by atoms with Gasteiger partial charge in [0.2, 0.25) is 0 Å². The smallest absolute Gasteiger partial charge is 0.158 e. The molecule has 1 fully saturated rings. The second kappa shape index (κ2) is 2.57. The molecule has 11 heavy (non-hydrogen) atoms. The second-order valence-electron chi connectivity index (χ2n) is 2.87. The van der Waals surface area contributed by atoms with Crippen LogP contribution in [-0.4, -0.2) is 13.1 Å². The number of rotatable bonds is 1. The van der Waals surface area contributed by atoms with Gasteiger partial charge in [-0.3, -0.25) is 0 Å². The number of alkyl halides is 1. The molecular weight excluding hydrogens is 161 g/mol. The standard InChI is InChI=1S/C8H10FNS/c9-8(3-4-10-6-8)7-2-1-5-11-7/h1-2,5,10H,3-4,6H2. The lowest BCUT2D eigenvalue weighted by atomic mass is 10.0. The van der Waals surface area contributed by atoms with Gasteiger partial charge in [0.05, 0.1) is 0 Å². The third-order valence-corrected chi connectivity index (χ3v) is 3.12. The predicted octanol–water partition coefficient (Wildman–Crippen LogP) is 1.91. The normalized spacial score (nSPS) is 31.0. The van der Waals surface area contributed by atoms with Gasteiger partial charge in [-0.2, -0.15) is 0 Å². The van der Waals surface area contributed by atoms with Crippen LogP contribution in [0.5, 0.6) is 0 Å². The Balaban J connectivity index is 2.27. The first-order valence-electron chi connectivity index (χ1n) is 3.75. The van der Waals surface area contributed by atoms with Crippen molar-refractivity contribution in [1.29, 1.82) is 0 Å². The van der Waals surface area contributed by atoms with Crippen molar-refractivity contribution in [2.45, 2.75) is 12.1 Å². The molecule has 1 nitrogen and oxygen atoms in total. The van der Waals surface area contributed by atoms with Crippen molar-refractivity contribution in [3.8, 4) is 0 Å². The summed E-state index contributed by atoms with van der Waals surface area (Å²) in [5.74, 6) is 0. The highest BCUT2D eigenvalue weighted by atomic mass is 32.1. The molecule has 3 heteroatoms. The van der Waals surface area contributed by atoms with Crippen LogP contribution in [0.3, 0.4) is 0 Å². The van der Waals surface area contributed by atoms with E-state index in [4.69, 9.17) is 0 Å². The Kier molecular flexibility index (Phi) is 1.69. The van der Waals surface area contributed by atoms with Crippen LogP contribution in [0.2, 0.25) is 0 Å². The molecule has 2 heterocycles. The van der Waals surface area contributed by atoms with E-state index in [1.54, 1.807) is 0 Å². The van der Waals surface area contributed by atoms with Crippen molar-refractivity contribution in [3.05, 3.63) is 22.4 Å². The molecule has 1 aliphatic rings. The van der Waals surface area contributed by atoms with E-state index in [-0.39, 0.29) is 0 Å². The van der Waals surface area contributed by atoms with Gasteiger partial charge in [-0.05, 0) is 18.0 Å². The molecular formula is C8H10FNS. The van der Waals surface area contributed by atoms with Crippen molar-refractivity contribution >= 4 is 11.3 Å². The Labute approximate surface area is 69.2 Å². The van der Waals surface area contributed by atoms with Crippen LogP contribution in [0.25, 0.3) is 0 Å². The third kappa shape index (κ3) is 1.19. The number of halogens is 1. The molecule has 1 aromatic heterocycles. The molecule has 0 saturated carbocycles. The molecule has 1 aliphatic heterocycles. The minimum atomic E-state index is -1.08. The summed E-state index contributed by atoms with van der Waals surface area (Å²) >= 11 is 1.50. The van der Waals surface area contributed by atoms with Gasteiger partial charge in [0.25, 0.3) is 0 Å². The van der Waals surface area contributed by atoms with E-state index in [1.165, 1.54) is 11.3 Å². The molecule has 2 rings (SSSR count). The highest BCUT2D eigenvalue weighted by molar-refractivity contribution is 7.10. The molecule has 0 aliphatic carbocycles. The molecule has 0 radical (unpaired) electrons. The van der Waals surface area contributed by atoms with Gasteiger partial charge in [-0.1, -0.05) is 6.07 Å². The fourth-order valence-corrected chi connectivity index (χ4v) is 2.25. The van der Waals surface area contributed by atoms with E-state index in [9.17, 15) is 4.39 Å². The maximum atomic E-state index is 13.8. The minimum Gasteiger partial charge on any atom is -0.313 e. The van der Waals surface area contributed by atoms with Crippen LogP contribution in [0.4, 0.5) is 4.39 Å². The molecule has 1 aromatic rings. The fraction of sp³-hybridized carbons (Fsp3) is 0.500. The highest BCUT2D eigenvalue weighted by Gasteiger charge is 2.36. The molecule has 1 atom stereocenters. The van der Waals surface area contributed by atoms with Crippen LogP contribution in [0, 0.1) is 0 Å². The average Bonchev–Trinajstić information content (AvgIpc) is 2.55. The largest absolute Gasteiger partial charge is 0.313 e. The van der Waals surface area contributed by atoms with Crippen molar-refractivity contribution in [2.75, 3.05) is 13.1 Å². The van der Waals surface area contributed by atoms with Gasteiger partial charge in [0, 0.05) is 17.8 Å².